The summed E-state index contributed by atoms with van der Waals surface area (Å²) in [6.07, 6.45) is 0. The second-order valence-electron chi connectivity index (χ2n) is 17.1. The Morgan fingerprint density at radius 3 is 1.89 bits per heavy atom. The first kappa shape index (κ1) is 34.6. The molecule has 1 aromatic heterocycles. The Bertz CT molecular complexity index is 3650. The average molecular weight is 800 g/mol. The minimum Gasteiger partial charge on any atom is -0.456 e. The molecular weight excluding hydrogens is 763 g/mol. The summed E-state index contributed by atoms with van der Waals surface area (Å²) in [5.74, 6) is 0. The Labute approximate surface area is 365 Å². The van der Waals surface area contributed by atoms with E-state index >= 15 is 0 Å². The lowest BCUT2D eigenvalue weighted by Gasteiger charge is -2.48. The van der Waals surface area contributed by atoms with E-state index in [0.29, 0.717) is 0 Å². The third-order valence-corrected chi connectivity index (χ3v) is 13.8. The molecule has 1 radical (unpaired) electrons. The first-order chi connectivity index (χ1) is 31.2. The van der Waals surface area contributed by atoms with Gasteiger partial charge in [-0.15, -0.1) is 0 Å². The number of para-hydroxylation sites is 3. The van der Waals surface area contributed by atoms with Gasteiger partial charge in [-0.25, -0.2) is 0 Å². The molecule has 0 unspecified atom stereocenters. The van der Waals surface area contributed by atoms with Crippen LogP contribution in [0.2, 0.25) is 0 Å². The smallest absolute Gasteiger partial charge is 0.197 e. The van der Waals surface area contributed by atoms with Crippen molar-refractivity contribution < 1.29 is 4.42 Å². The van der Waals surface area contributed by atoms with Gasteiger partial charge in [0.1, 0.15) is 11.2 Å². The van der Waals surface area contributed by atoms with Crippen LogP contribution >= 0.6 is 0 Å². The molecular formula is C59H36BN2O. The van der Waals surface area contributed by atoms with E-state index in [2.05, 4.69) is 230 Å². The zero-order valence-corrected chi connectivity index (χ0v) is 34.1. The van der Waals surface area contributed by atoms with Crippen molar-refractivity contribution in [2.75, 3.05) is 10.2 Å². The van der Waals surface area contributed by atoms with Crippen molar-refractivity contribution in [2.45, 2.75) is 5.41 Å². The molecule has 10 aromatic carbocycles. The Morgan fingerprint density at radius 2 is 1.10 bits per heavy atom. The number of benzene rings is 10. The van der Waals surface area contributed by atoms with Gasteiger partial charge < -0.3 is 14.6 Å². The fourth-order valence-corrected chi connectivity index (χ4v) is 11.3. The maximum atomic E-state index is 6.92. The minimum atomic E-state index is -0.491. The third-order valence-electron chi connectivity index (χ3n) is 13.8. The first-order valence-corrected chi connectivity index (χ1v) is 21.8. The predicted molar refractivity (Wildman–Crippen MR) is 262 cm³/mol. The van der Waals surface area contributed by atoms with Gasteiger partial charge in [0, 0.05) is 45.2 Å². The summed E-state index contributed by atoms with van der Waals surface area (Å²) in [4.78, 5) is 2.54. The van der Waals surface area contributed by atoms with Crippen LogP contribution in [0.1, 0.15) is 22.3 Å². The molecule has 1 spiro atoms. The molecule has 3 aliphatic rings. The summed E-state index contributed by atoms with van der Waals surface area (Å²) >= 11 is 0. The van der Waals surface area contributed by atoms with Crippen LogP contribution in [0.3, 0.4) is 0 Å². The fraction of sp³-hybridized carbons (Fsp3) is 0.0169. The maximum Gasteiger partial charge on any atom is 0.197 e. The predicted octanol–water partition coefficient (Wildman–Crippen LogP) is 13.9. The molecule has 1 N–H and O–H groups in total. The van der Waals surface area contributed by atoms with Gasteiger partial charge in [0.2, 0.25) is 0 Å². The fourth-order valence-electron chi connectivity index (χ4n) is 11.3. The van der Waals surface area contributed by atoms with Crippen molar-refractivity contribution in [1.82, 2.24) is 0 Å². The molecule has 3 heterocycles. The van der Waals surface area contributed by atoms with Gasteiger partial charge in [0.05, 0.1) is 11.1 Å². The monoisotopic (exact) mass is 799 g/mol. The molecule has 0 saturated heterocycles. The lowest BCUT2D eigenvalue weighted by Crippen LogP contribution is -2.47. The number of nitrogens with zero attached hydrogens (tertiary/aromatic N) is 1. The van der Waals surface area contributed by atoms with Crippen LogP contribution in [0, 0.1) is 0 Å². The number of nitrogens with one attached hydrogen (secondary N) is 1. The van der Waals surface area contributed by atoms with Crippen LogP contribution in [-0.2, 0) is 5.41 Å². The molecule has 291 valence electrons. The summed E-state index contributed by atoms with van der Waals surface area (Å²) in [5.41, 5.74) is 21.6. The number of rotatable bonds is 4. The zero-order chi connectivity index (χ0) is 41.2. The van der Waals surface area contributed by atoms with Crippen molar-refractivity contribution in [3.8, 4) is 33.4 Å². The molecule has 11 aromatic rings. The van der Waals surface area contributed by atoms with Gasteiger partial charge >= 0.3 is 0 Å². The Morgan fingerprint density at radius 1 is 0.460 bits per heavy atom. The quantitative estimate of drug-likeness (QED) is 0.180. The second kappa shape index (κ2) is 13.0. The summed E-state index contributed by atoms with van der Waals surface area (Å²) < 4.78 is 6.92. The lowest BCUT2D eigenvalue weighted by atomic mass is 9.54. The molecule has 0 atom stereocenters. The lowest BCUT2D eigenvalue weighted by molar-refractivity contribution is 0.669. The standard InChI is InChI=1S/C59H36BN2O/c1-2-15-36(16-3-1)37-29-31-40(32-30-37)61-50-34-39-18-5-4-17-38(39)33-44(50)56-55-43-21-8-13-28-53(43)63-54(55)35-52-57(56)60-49-26-14-25-48-58(49)62(52)51-27-12-11-24-47(51)59(48)45-22-9-6-19-41(45)42-20-7-10-23-46(42)59/h1-35,61H. The highest BCUT2D eigenvalue weighted by Gasteiger charge is 2.53. The van der Waals surface area contributed by atoms with E-state index in [1.807, 2.05) is 0 Å². The van der Waals surface area contributed by atoms with E-state index in [4.69, 9.17) is 4.42 Å². The van der Waals surface area contributed by atoms with Crippen LogP contribution in [0.5, 0.6) is 0 Å². The average Bonchev–Trinajstić information content (AvgIpc) is 3.86. The number of fused-ring (bicyclic) bond motifs is 15. The molecule has 0 fully saturated rings. The van der Waals surface area contributed by atoms with Crippen LogP contribution < -0.4 is 21.1 Å². The molecule has 1 aliphatic carbocycles. The highest BCUT2D eigenvalue weighted by molar-refractivity contribution is 6.74. The molecule has 0 amide bonds. The van der Waals surface area contributed by atoms with Gasteiger partial charge in [0.15, 0.2) is 7.28 Å². The number of hydrogen-bond donors (Lipinski definition) is 1. The topological polar surface area (TPSA) is 28.4 Å². The minimum absolute atomic E-state index is 0.491. The SMILES string of the molecule is [B]1c2cccc3c2N(c2ccccc2C32c3ccccc3-c3ccccc32)c2cc3oc4ccccc4c3c(-c3cc4ccccc4cc3Nc3ccc(-c4ccccc4)cc3)c21. The van der Waals surface area contributed by atoms with E-state index in [1.165, 1.54) is 72.1 Å². The van der Waals surface area contributed by atoms with Crippen LogP contribution in [0.4, 0.5) is 28.4 Å². The normalized spacial score (nSPS) is 13.6. The van der Waals surface area contributed by atoms with Gasteiger partial charge in [-0.05, 0) is 103 Å². The van der Waals surface area contributed by atoms with Crippen molar-refractivity contribution in [2.24, 2.45) is 0 Å². The molecule has 63 heavy (non-hydrogen) atoms. The summed E-state index contributed by atoms with van der Waals surface area (Å²) in [6.45, 7) is 0. The summed E-state index contributed by atoms with van der Waals surface area (Å²) in [6, 6.07) is 77.6. The first-order valence-electron chi connectivity index (χ1n) is 21.8. The molecule has 0 bridgehead atoms. The van der Waals surface area contributed by atoms with Crippen LogP contribution in [0.15, 0.2) is 217 Å². The Hall–Kier alpha value is -8.08. The molecule has 3 nitrogen and oxygen atoms in total. The van der Waals surface area contributed by atoms with Gasteiger partial charge in [-0.3, -0.25) is 0 Å². The largest absolute Gasteiger partial charge is 0.456 e. The highest BCUT2D eigenvalue weighted by Crippen LogP contribution is 2.63. The maximum absolute atomic E-state index is 6.92. The molecule has 2 aliphatic heterocycles. The van der Waals surface area contributed by atoms with Crippen molar-refractivity contribution in [3.05, 3.63) is 235 Å². The molecule has 0 saturated carbocycles. The number of hydrogen-bond acceptors (Lipinski definition) is 3. The van der Waals surface area contributed by atoms with Crippen molar-refractivity contribution in [1.29, 1.82) is 0 Å². The van der Waals surface area contributed by atoms with Crippen LogP contribution in [-0.4, -0.2) is 7.28 Å². The highest BCUT2D eigenvalue weighted by atomic mass is 16.3. The van der Waals surface area contributed by atoms with Crippen molar-refractivity contribution in [3.63, 3.8) is 0 Å². The van der Waals surface area contributed by atoms with Crippen molar-refractivity contribution >= 4 is 79.4 Å². The van der Waals surface area contributed by atoms with E-state index in [1.54, 1.807) is 0 Å². The van der Waals surface area contributed by atoms with Gasteiger partial charge in [-0.1, -0.05) is 175 Å². The van der Waals surface area contributed by atoms with E-state index in [9.17, 15) is 0 Å². The number of anilines is 5. The number of furan rings is 1. The Kier molecular flexibility index (Phi) is 7.13. The summed E-state index contributed by atoms with van der Waals surface area (Å²) in [5, 5.41) is 8.49. The van der Waals surface area contributed by atoms with E-state index < -0.39 is 5.41 Å². The van der Waals surface area contributed by atoms with E-state index in [-0.39, 0.29) is 0 Å². The van der Waals surface area contributed by atoms with Crippen LogP contribution in [0.25, 0.3) is 66.1 Å². The summed E-state index contributed by atoms with van der Waals surface area (Å²) in [7, 11) is 2.45. The second-order valence-corrected chi connectivity index (χ2v) is 17.1. The zero-order valence-electron chi connectivity index (χ0n) is 34.1. The van der Waals surface area contributed by atoms with Gasteiger partial charge in [-0.2, -0.15) is 0 Å². The Balaban J connectivity index is 1.05. The molecule has 14 rings (SSSR count). The van der Waals surface area contributed by atoms with E-state index in [0.717, 1.165) is 55.6 Å². The third kappa shape index (κ3) is 4.75. The molecule has 4 heteroatoms. The van der Waals surface area contributed by atoms with Gasteiger partial charge in [0.25, 0.3) is 0 Å².